The van der Waals surface area contributed by atoms with Crippen molar-refractivity contribution in [3.8, 4) is 0 Å². The first-order chi connectivity index (χ1) is 10.2. The van der Waals surface area contributed by atoms with E-state index in [2.05, 4.69) is 15.9 Å². The summed E-state index contributed by atoms with van der Waals surface area (Å²) < 4.78 is 49.2. The first-order valence-electron chi connectivity index (χ1n) is 6.21. The van der Waals surface area contributed by atoms with Gasteiger partial charge in [0.1, 0.15) is 0 Å². The molecule has 7 heteroatoms. The predicted octanol–water partition coefficient (Wildman–Crippen LogP) is 3.48. The Hall–Kier alpha value is -1.44. The fourth-order valence-electron chi connectivity index (χ4n) is 1.66. The Balaban J connectivity index is 2.34. The van der Waals surface area contributed by atoms with Crippen molar-refractivity contribution in [3.05, 3.63) is 69.4 Å². The minimum Gasteiger partial charge on any atom is -0.219 e. The number of rotatable bonds is 4. The molecule has 0 radical (unpaired) electrons. The Morgan fingerprint density at radius 1 is 0.727 bits per heavy atom. The van der Waals surface area contributed by atoms with Gasteiger partial charge in [0, 0.05) is 15.3 Å². The number of benzene rings is 2. The molecule has 0 N–H and O–H groups in total. The van der Waals surface area contributed by atoms with E-state index >= 15 is 0 Å². The Morgan fingerprint density at radius 3 is 1.50 bits per heavy atom. The molecular weight excluding hydrogens is 388 g/mol. The van der Waals surface area contributed by atoms with E-state index in [1.165, 1.54) is 24.3 Å². The smallest absolute Gasteiger partial charge is 0.200 e. The van der Waals surface area contributed by atoms with Crippen molar-refractivity contribution in [1.82, 2.24) is 0 Å². The molecule has 0 aliphatic rings. The summed E-state index contributed by atoms with van der Waals surface area (Å²) >= 11 is 3.21. The summed E-state index contributed by atoms with van der Waals surface area (Å²) in [6.45, 7) is 1.84. The molecule has 0 atom stereocenters. The summed E-state index contributed by atoms with van der Waals surface area (Å²) in [7, 11) is -7.60. The maximum Gasteiger partial charge on any atom is 0.200 e. The molecule has 0 aromatic heterocycles. The second-order valence-corrected chi connectivity index (χ2v) is 9.21. The quantitative estimate of drug-likeness (QED) is 0.787. The van der Waals surface area contributed by atoms with Crippen LogP contribution in [-0.4, -0.2) is 16.8 Å². The summed E-state index contributed by atoms with van der Waals surface area (Å²) in [6.07, 6.45) is 0. The second kappa shape index (κ2) is 6.36. The fourth-order valence-corrected chi connectivity index (χ4v) is 4.44. The van der Waals surface area contributed by atoms with Crippen LogP contribution in [0.15, 0.2) is 73.6 Å². The molecule has 0 heterocycles. The van der Waals surface area contributed by atoms with Crippen LogP contribution in [0.4, 0.5) is 0 Å². The van der Waals surface area contributed by atoms with Crippen LogP contribution in [0.1, 0.15) is 5.56 Å². The molecule has 0 aliphatic carbocycles. The Kier molecular flexibility index (Phi) is 4.89. The average Bonchev–Trinajstić information content (AvgIpc) is 2.46. The number of sulfone groups is 2. The van der Waals surface area contributed by atoms with Crippen molar-refractivity contribution < 1.29 is 16.8 Å². The van der Waals surface area contributed by atoms with Crippen molar-refractivity contribution in [1.29, 1.82) is 0 Å². The van der Waals surface area contributed by atoms with E-state index < -0.39 is 19.7 Å². The minimum absolute atomic E-state index is 0.0334. The molecule has 2 rings (SSSR count). The number of aryl methyl sites for hydroxylation is 1. The van der Waals surface area contributed by atoms with Crippen molar-refractivity contribution in [2.24, 2.45) is 0 Å². The second-order valence-electron chi connectivity index (χ2n) is 4.63. The Morgan fingerprint density at radius 2 is 1.09 bits per heavy atom. The zero-order chi connectivity index (χ0) is 16.4. The highest BCUT2D eigenvalue weighted by Crippen LogP contribution is 2.19. The maximum absolute atomic E-state index is 12.1. The van der Waals surface area contributed by atoms with Gasteiger partial charge in [-0.2, -0.15) is 0 Å². The lowest BCUT2D eigenvalue weighted by Gasteiger charge is -2.01. The minimum atomic E-state index is -3.81. The molecule has 116 valence electrons. The lowest BCUT2D eigenvalue weighted by molar-refractivity contribution is 0.600. The largest absolute Gasteiger partial charge is 0.219 e. The molecule has 0 bridgehead atoms. The fraction of sp³-hybridized carbons (Fsp3) is 0.0667. The van der Waals surface area contributed by atoms with Gasteiger partial charge in [-0.3, -0.25) is 0 Å². The van der Waals surface area contributed by atoms with E-state index in [-0.39, 0.29) is 9.79 Å². The SMILES string of the molecule is Cc1ccc(S(=O)(=O)/C=C/S(=O)(=O)c2ccc(Br)cc2)cc1. The molecule has 0 amide bonds. The highest BCUT2D eigenvalue weighted by molar-refractivity contribution is 9.10. The van der Waals surface area contributed by atoms with Gasteiger partial charge in [-0.25, -0.2) is 16.8 Å². The molecule has 2 aromatic carbocycles. The van der Waals surface area contributed by atoms with E-state index in [0.29, 0.717) is 5.41 Å². The third kappa shape index (κ3) is 4.06. The monoisotopic (exact) mass is 400 g/mol. The van der Waals surface area contributed by atoms with Crippen LogP contribution < -0.4 is 0 Å². The summed E-state index contributed by atoms with van der Waals surface area (Å²) in [5.74, 6) is 0. The summed E-state index contributed by atoms with van der Waals surface area (Å²) in [5.41, 5.74) is 0.922. The Labute approximate surface area is 138 Å². The topological polar surface area (TPSA) is 68.3 Å². The van der Waals surface area contributed by atoms with Gasteiger partial charge in [-0.1, -0.05) is 33.6 Å². The normalized spacial score (nSPS) is 12.6. The highest BCUT2D eigenvalue weighted by Gasteiger charge is 2.15. The zero-order valence-electron chi connectivity index (χ0n) is 11.6. The molecule has 0 saturated heterocycles. The van der Waals surface area contributed by atoms with Gasteiger partial charge in [-0.15, -0.1) is 0 Å². The van der Waals surface area contributed by atoms with Crippen molar-refractivity contribution in [2.75, 3.05) is 0 Å². The van der Waals surface area contributed by atoms with Crippen molar-refractivity contribution >= 4 is 35.6 Å². The van der Waals surface area contributed by atoms with Gasteiger partial charge >= 0.3 is 0 Å². The molecule has 4 nitrogen and oxygen atoms in total. The van der Waals surface area contributed by atoms with Crippen LogP contribution >= 0.6 is 15.9 Å². The van der Waals surface area contributed by atoms with Gasteiger partial charge in [0.05, 0.1) is 9.79 Å². The van der Waals surface area contributed by atoms with E-state index in [4.69, 9.17) is 0 Å². The zero-order valence-corrected chi connectivity index (χ0v) is 14.8. The molecule has 0 saturated carbocycles. The van der Waals surface area contributed by atoms with E-state index in [9.17, 15) is 16.8 Å². The third-order valence-corrected chi connectivity index (χ3v) is 6.45. The van der Waals surface area contributed by atoms with Crippen LogP contribution in [0.3, 0.4) is 0 Å². The molecule has 22 heavy (non-hydrogen) atoms. The molecule has 2 aromatic rings. The lowest BCUT2D eigenvalue weighted by Crippen LogP contribution is -2.00. The summed E-state index contributed by atoms with van der Waals surface area (Å²) in [6, 6.07) is 12.2. The molecular formula is C15H13BrO4S2. The van der Waals surface area contributed by atoms with Crippen LogP contribution in [0, 0.1) is 6.92 Å². The standard InChI is InChI=1S/C15H13BrO4S2/c1-12-2-6-14(7-3-12)21(17,18)10-11-22(19,20)15-8-4-13(16)5-9-15/h2-11H,1H3/b11-10+. The van der Waals surface area contributed by atoms with Gasteiger partial charge in [0.25, 0.3) is 0 Å². The van der Waals surface area contributed by atoms with Gasteiger partial charge < -0.3 is 0 Å². The van der Waals surface area contributed by atoms with Crippen LogP contribution in [0.25, 0.3) is 0 Å². The van der Waals surface area contributed by atoms with E-state index in [1.807, 2.05) is 6.92 Å². The van der Waals surface area contributed by atoms with Gasteiger partial charge in [0.2, 0.25) is 19.7 Å². The number of hydrogen-bond donors (Lipinski definition) is 0. The molecule has 0 unspecified atom stereocenters. The van der Waals surface area contributed by atoms with E-state index in [1.54, 1.807) is 24.3 Å². The summed E-state index contributed by atoms with van der Waals surface area (Å²) in [5, 5.41) is 1.43. The first kappa shape index (κ1) is 16.9. The molecule has 0 fully saturated rings. The lowest BCUT2D eigenvalue weighted by atomic mass is 10.2. The number of halogens is 1. The van der Waals surface area contributed by atoms with Crippen LogP contribution in [0.2, 0.25) is 0 Å². The predicted molar refractivity (Wildman–Crippen MR) is 88.8 cm³/mol. The number of hydrogen-bond acceptors (Lipinski definition) is 4. The van der Waals surface area contributed by atoms with Crippen LogP contribution in [0.5, 0.6) is 0 Å². The maximum atomic E-state index is 12.1. The van der Waals surface area contributed by atoms with Crippen molar-refractivity contribution in [2.45, 2.75) is 16.7 Å². The van der Waals surface area contributed by atoms with Crippen molar-refractivity contribution in [3.63, 3.8) is 0 Å². The first-order valence-corrected chi connectivity index (χ1v) is 10.1. The highest BCUT2D eigenvalue weighted by atomic mass is 79.9. The Bertz CT molecular complexity index is 818. The van der Waals surface area contributed by atoms with E-state index in [0.717, 1.165) is 15.4 Å². The average molecular weight is 401 g/mol. The molecule has 0 spiro atoms. The van der Waals surface area contributed by atoms with Gasteiger partial charge in [-0.05, 0) is 43.3 Å². The summed E-state index contributed by atoms with van der Waals surface area (Å²) in [4.78, 5) is 0.0893. The third-order valence-electron chi connectivity index (χ3n) is 2.91. The van der Waals surface area contributed by atoms with Crippen LogP contribution in [-0.2, 0) is 19.7 Å². The molecule has 0 aliphatic heterocycles. The van der Waals surface area contributed by atoms with Gasteiger partial charge in [0.15, 0.2) is 0 Å².